The van der Waals surface area contributed by atoms with E-state index in [1.54, 1.807) is 6.20 Å². The molecule has 1 amide bonds. The number of nitrogens with zero attached hydrogens (tertiary/aromatic N) is 2. The molecule has 0 saturated heterocycles. The van der Waals surface area contributed by atoms with Crippen molar-refractivity contribution >= 4 is 11.6 Å². The molecule has 112 valence electrons. The summed E-state index contributed by atoms with van der Waals surface area (Å²) in [6.45, 7) is 2.81. The minimum absolute atomic E-state index is 0.0980. The molecule has 0 bridgehead atoms. The number of carbonyl (C=O) groups is 1. The first-order valence-corrected chi connectivity index (χ1v) is 7.46. The molecule has 2 aromatic heterocycles. The van der Waals surface area contributed by atoms with Gasteiger partial charge < -0.3 is 10.4 Å². The molecule has 0 radical (unpaired) electrons. The van der Waals surface area contributed by atoms with Crippen LogP contribution in [0.3, 0.4) is 0 Å². The highest BCUT2D eigenvalue weighted by Crippen LogP contribution is 2.43. The molecular weight excluding hydrogens is 266 g/mol. The highest BCUT2D eigenvalue weighted by molar-refractivity contribution is 5.93. The summed E-state index contributed by atoms with van der Waals surface area (Å²) < 4.78 is 1.82. The van der Waals surface area contributed by atoms with Crippen LogP contribution in [0, 0.1) is 12.3 Å². The van der Waals surface area contributed by atoms with Crippen molar-refractivity contribution in [1.82, 2.24) is 14.7 Å². The number of pyridine rings is 1. The molecule has 5 nitrogen and oxygen atoms in total. The lowest BCUT2D eigenvalue weighted by Gasteiger charge is -2.41. The van der Waals surface area contributed by atoms with Crippen molar-refractivity contribution in [3.63, 3.8) is 0 Å². The van der Waals surface area contributed by atoms with Gasteiger partial charge in [-0.05, 0) is 43.2 Å². The van der Waals surface area contributed by atoms with Crippen molar-refractivity contribution < 1.29 is 9.90 Å². The molecule has 2 heterocycles. The third kappa shape index (κ3) is 2.65. The Morgan fingerprint density at radius 3 is 2.95 bits per heavy atom. The number of carbonyl (C=O) groups excluding carboxylic acids is 1. The molecule has 1 fully saturated rings. The van der Waals surface area contributed by atoms with Crippen molar-refractivity contribution in [2.24, 2.45) is 5.41 Å². The van der Waals surface area contributed by atoms with Gasteiger partial charge >= 0.3 is 0 Å². The molecule has 21 heavy (non-hydrogen) atoms. The number of hydrogen-bond donors (Lipinski definition) is 2. The lowest BCUT2D eigenvalue weighted by atomic mass is 9.67. The van der Waals surface area contributed by atoms with E-state index in [1.807, 2.05) is 29.7 Å². The molecule has 1 saturated carbocycles. The van der Waals surface area contributed by atoms with E-state index in [0.29, 0.717) is 12.2 Å². The highest BCUT2D eigenvalue weighted by atomic mass is 16.3. The summed E-state index contributed by atoms with van der Waals surface area (Å²) in [5, 5.41) is 12.2. The van der Waals surface area contributed by atoms with E-state index < -0.39 is 0 Å². The van der Waals surface area contributed by atoms with Crippen molar-refractivity contribution in [2.75, 3.05) is 13.2 Å². The van der Waals surface area contributed by atoms with Gasteiger partial charge in [0.1, 0.15) is 11.3 Å². The molecule has 5 heteroatoms. The zero-order chi connectivity index (χ0) is 14.9. The van der Waals surface area contributed by atoms with Gasteiger partial charge in [-0.3, -0.25) is 9.20 Å². The maximum Gasteiger partial charge on any atom is 0.269 e. The van der Waals surface area contributed by atoms with E-state index in [9.17, 15) is 4.79 Å². The largest absolute Gasteiger partial charge is 0.396 e. The maximum absolute atomic E-state index is 12.4. The zero-order valence-corrected chi connectivity index (χ0v) is 12.3. The van der Waals surface area contributed by atoms with Gasteiger partial charge in [0.2, 0.25) is 0 Å². The second kappa shape index (κ2) is 5.48. The van der Waals surface area contributed by atoms with Gasteiger partial charge in [0.05, 0.1) is 6.20 Å². The van der Waals surface area contributed by atoms with Crippen molar-refractivity contribution in [1.29, 1.82) is 0 Å². The van der Waals surface area contributed by atoms with Gasteiger partial charge in [-0.15, -0.1) is 0 Å². The van der Waals surface area contributed by atoms with E-state index in [0.717, 1.165) is 30.5 Å². The van der Waals surface area contributed by atoms with Gasteiger partial charge in [0.25, 0.3) is 5.91 Å². The summed E-state index contributed by atoms with van der Waals surface area (Å²) in [7, 11) is 0. The van der Waals surface area contributed by atoms with Gasteiger partial charge in [-0.1, -0.05) is 12.5 Å². The van der Waals surface area contributed by atoms with Crippen molar-refractivity contribution in [2.45, 2.75) is 32.6 Å². The fourth-order valence-corrected chi connectivity index (χ4v) is 3.04. The van der Waals surface area contributed by atoms with Crippen molar-refractivity contribution in [3.8, 4) is 0 Å². The first kappa shape index (κ1) is 14.1. The maximum atomic E-state index is 12.4. The van der Waals surface area contributed by atoms with Gasteiger partial charge in [0.15, 0.2) is 0 Å². The molecule has 0 aromatic carbocycles. The van der Waals surface area contributed by atoms with Crippen LogP contribution >= 0.6 is 0 Å². The quantitative estimate of drug-likeness (QED) is 0.883. The molecule has 2 N–H and O–H groups in total. The second-order valence-corrected chi connectivity index (χ2v) is 6.09. The van der Waals surface area contributed by atoms with Crippen LogP contribution in [0.1, 0.15) is 41.7 Å². The standard InChI is InChI=1S/C16H21N3O2/c1-12-3-4-14-17-9-13(19(14)10-12)15(21)18-11-16(7-8-20)5-2-6-16/h3-4,9-10,20H,2,5-8,11H2,1H3,(H,18,21). The third-order valence-electron chi connectivity index (χ3n) is 4.57. The van der Waals surface area contributed by atoms with Crippen LogP contribution in [-0.2, 0) is 0 Å². The van der Waals surface area contributed by atoms with Crippen LogP contribution in [0.25, 0.3) is 5.65 Å². The molecule has 3 rings (SSSR count). The predicted molar refractivity (Wildman–Crippen MR) is 80.2 cm³/mol. The molecule has 0 atom stereocenters. The number of aryl methyl sites for hydroxylation is 1. The summed E-state index contributed by atoms with van der Waals surface area (Å²) in [5.74, 6) is -0.0997. The topological polar surface area (TPSA) is 66.6 Å². The Balaban J connectivity index is 1.74. The molecule has 0 spiro atoms. The summed E-state index contributed by atoms with van der Waals surface area (Å²) in [6.07, 6.45) is 7.65. The second-order valence-electron chi connectivity index (χ2n) is 6.09. The highest BCUT2D eigenvalue weighted by Gasteiger charge is 2.36. The number of nitrogens with one attached hydrogen (secondary N) is 1. The minimum atomic E-state index is -0.0997. The number of aliphatic hydroxyl groups excluding tert-OH is 1. The number of rotatable bonds is 5. The average Bonchev–Trinajstić information content (AvgIpc) is 2.84. The summed E-state index contributed by atoms with van der Waals surface area (Å²) in [6, 6.07) is 3.89. The third-order valence-corrected chi connectivity index (χ3v) is 4.57. The first-order valence-electron chi connectivity index (χ1n) is 7.46. The lowest BCUT2D eigenvalue weighted by Crippen LogP contribution is -2.43. The fraction of sp³-hybridized carbons (Fsp3) is 0.500. The zero-order valence-electron chi connectivity index (χ0n) is 12.3. The Morgan fingerprint density at radius 2 is 2.29 bits per heavy atom. The van der Waals surface area contributed by atoms with Crippen LogP contribution in [0.15, 0.2) is 24.5 Å². The number of imidazole rings is 1. The average molecular weight is 287 g/mol. The van der Waals surface area contributed by atoms with E-state index >= 15 is 0 Å². The SMILES string of the molecule is Cc1ccc2ncc(C(=O)NCC3(CCO)CCC3)n2c1. The Morgan fingerprint density at radius 1 is 1.48 bits per heavy atom. The van der Waals surface area contributed by atoms with E-state index in [1.165, 1.54) is 6.42 Å². The van der Waals surface area contributed by atoms with Crippen LogP contribution in [0.2, 0.25) is 0 Å². The molecule has 0 unspecified atom stereocenters. The Kier molecular flexibility index (Phi) is 3.68. The monoisotopic (exact) mass is 287 g/mol. The van der Waals surface area contributed by atoms with Crippen LogP contribution in [-0.4, -0.2) is 33.6 Å². The molecule has 0 aliphatic heterocycles. The smallest absolute Gasteiger partial charge is 0.269 e. The van der Waals surface area contributed by atoms with Crippen LogP contribution in [0.4, 0.5) is 0 Å². The molecular formula is C16H21N3O2. The van der Waals surface area contributed by atoms with E-state index in [-0.39, 0.29) is 17.9 Å². The predicted octanol–water partition coefficient (Wildman–Crippen LogP) is 1.93. The molecule has 2 aromatic rings. The van der Waals surface area contributed by atoms with Gasteiger partial charge in [-0.2, -0.15) is 0 Å². The summed E-state index contributed by atoms with van der Waals surface area (Å²) in [4.78, 5) is 16.6. The Hall–Kier alpha value is -1.88. The van der Waals surface area contributed by atoms with E-state index in [4.69, 9.17) is 5.11 Å². The normalized spacial score (nSPS) is 16.7. The number of aliphatic hydroxyl groups is 1. The Bertz CT molecular complexity index is 659. The summed E-state index contributed by atoms with van der Waals surface area (Å²) in [5.41, 5.74) is 2.53. The minimum Gasteiger partial charge on any atom is -0.396 e. The molecule has 1 aliphatic carbocycles. The number of amides is 1. The summed E-state index contributed by atoms with van der Waals surface area (Å²) >= 11 is 0. The Labute approximate surface area is 124 Å². The van der Waals surface area contributed by atoms with Gasteiger partial charge in [-0.25, -0.2) is 4.98 Å². The molecule has 1 aliphatic rings. The number of fused-ring (bicyclic) bond motifs is 1. The fourth-order valence-electron chi connectivity index (χ4n) is 3.04. The lowest BCUT2D eigenvalue weighted by molar-refractivity contribution is 0.0729. The number of aromatic nitrogens is 2. The first-order chi connectivity index (χ1) is 10.1. The van der Waals surface area contributed by atoms with Crippen LogP contribution < -0.4 is 5.32 Å². The number of hydrogen-bond acceptors (Lipinski definition) is 3. The van der Waals surface area contributed by atoms with Gasteiger partial charge in [0, 0.05) is 19.3 Å². The van der Waals surface area contributed by atoms with E-state index in [2.05, 4.69) is 10.3 Å². The van der Waals surface area contributed by atoms with Crippen molar-refractivity contribution in [3.05, 3.63) is 35.8 Å². The van der Waals surface area contributed by atoms with Crippen LogP contribution in [0.5, 0.6) is 0 Å².